The van der Waals surface area contributed by atoms with Crippen LogP contribution in [0.15, 0.2) is 52.4 Å². The molecule has 1 saturated heterocycles. The number of rotatable bonds is 5. The van der Waals surface area contributed by atoms with Crippen molar-refractivity contribution in [2.24, 2.45) is 10.7 Å². The number of thioether (sulfide) groups is 1. The number of nitrogens with one attached hydrogen (secondary N) is 1. The van der Waals surface area contributed by atoms with Crippen LogP contribution < -0.4 is 25.3 Å². The van der Waals surface area contributed by atoms with Gasteiger partial charge in [-0.25, -0.2) is 4.99 Å². The van der Waals surface area contributed by atoms with Gasteiger partial charge in [0.25, 0.3) is 11.1 Å². The number of aliphatic imine (C=N–C) groups is 1. The van der Waals surface area contributed by atoms with Crippen LogP contribution in [0.5, 0.6) is 17.2 Å². The van der Waals surface area contributed by atoms with Gasteiger partial charge in [0.15, 0.2) is 18.1 Å². The Kier molecular flexibility index (Phi) is 4.90. The van der Waals surface area contributed by atoms with Crippen molar-refractivity contribution in [1.82, 2.24) is 5.32 Å². The molecule has 2 amide bonds. The normalized spacial score (nSPS) is 17.8. The number of nitrogens with zero attached hydrogens (tertiary/aromatic N) is 1. The van der Waals surface area contributed by atoms with E-state index in [4.69, 9.17) is 19.9 Å². The van der Waals surface area contributed by atoms with Crippen LogP contribution in [0, 0.1) is 0 Å². The summed E-state index contributed by atoms with van der Waals surface area (Å²) >= 11 is 1.06. The number of carbonyl (C=O) groups is 2. The van der Waals surface area contributed by atoms with Crippen LogP contribution in [0.25, 0.3) is 6.08 Å². The molecule has 0 spiro atoms. The van der Waals surface area contributed by atoms with Crippen molar-refractivity contribution in [1.29, 1.82) is 0 Å². The summed E-state index contributed by atoms with van der Waals surface area (Å²) in [5.41, 5.74) is 6.55. The van der Waals surface area contributed by atoms with Crippen LogP contribution in [0.2, 0.25) is 0 Å². The Labute approximate surface area is 164 Å². The molecule has 0 atom stereocenters. The first-order valence-corrected chi connectivity index (χ1v) is 9.09. The zero-order valence-corrected chi connectivity index (χ0v) is 15.3. The number of hydrogen-bond donors (Lipinski definition) is 2. The molecule has 2 aromatic carbocycles. The second-order valence-corrected chi connectivity index (χ2v) is 6.86. The lowest BCUT2D eigenvalue weighted by Gasteiger charge is -2.04. The minimum atomic E-state index is -0.539. The molecule has 2 aliphatic heterocycles. The first-order valence-electron chi connectivity index (χ1n) is 8.27. The van der Waals surface area contributed by atoms with Gasteiger partial charge >= 0.3 is 0 Å². The van der Waals surface area contributed by atoms with Crippen LogP contribution in [-0.2, 0) is 4.79 Å². The molecular formula is C19H15N3O5S. The van der Waals surface area contributed by atoms with Gasteiger partial charge in [-0.2, -0.15) is 0 Å². The molecule has 0 unspecified atom stereocenters. The highest BCUT2D eigenvalue weighted by Crippen LogP contribution is 2.36. The van der Waals surface area contributed by atoms with Crippen LogP contribution in [0.3, 0.4) is 0 Å². The van der Waals surface area contributed by atoms with E-state index in [1.807, 2.05) is 18.2 Å². The van der Waals surface area contributed by atoms with Crippen molar-refractivity contribution < 1.29 is 23.8 Å². The second-order valence-electron chi connectivity index (χ2n) is 5.85. The van der Waals surface area contributed by atoms with Gasteiger partial charge in [-0.3, -0.25) is 9.59 Å². The summed E-state index contributed by atoms with van der Waals surface area (Å²) in [6.07, 6.45) is 1.84. The molecule has 142 valence electrons. The molecule has 8 nitrogen and oxygen atoms in total. The summed E-state index contributed by atoms with van der Waals surface area (Å²) in [5, 5.41) is 2.54. The molecule has 0 radical (unpaired) electrons. The number of amides is 2. The molecule has 2 aliphatic rings. The van der Waals surface area contributed by atoms with E-state index in [2.05, 4.69) is 10.3 Å². The molecule has 4 rings (SSSR count). The average Bonchev–Trinajstić information content (AvgIpc) is 3.27. The van der Waals surface area contributed by atoms with E-state index in [0.717, 1.165) is 17.3 Å². The van der Waals surface area contributed by atoms with E-state index in [0.29, 0.717) is 33.7 Å². The monoisotopic (exact) mass is 397 g/mol. The number of amidine groups is 1. The smallest absolute Gasteiger partial charge is 0.289 e. The fourth-order valence-electron chi connectivity index (χ4n) is 2.56. The minimum Gasteiger partial charge on any atom is -0.484 e. The van der Waals surface area contributed by atoms with E-state index in [9.17, 15) is 9.59 Å². The summed E-state index contributed by atoms with van der Waals surface area (Å²) in [4.78, 5) is 27.8. The zero-order valence-electron chi connectivity index (χ0n) is 14.5. The van der Waals surface area contributed by atoms with Gasteiger partial charge in [0, 0.05) is 6.07 Å². The quantitative estimate of drug-likeness (QED) is 0.802. The largest absolute Gasteiger partial charge is 0.484 e. The Morgan fingerprint density at radius 1 is 1.21 bits per heavy atom. The molecule has 28 heavy (non-hydrogen) atoms. The van der Waals surface area contributed by atoms with Crippen molar-refractivity contribution >= 4 is 40.5 Å². The average molecular weight is 397 g/mol. The molecule has 0 bridgehead atoms. The van der Waals surface area contributed by atoms with E-state index >= 15 is 0 Å². The van der Waals surface area contributed by atoms with E-state index in [1.165, 1.54) is 0 Å². The lowest BCUT2D eigenvalue weighted by Crippen LogP contribution is -2.19. The van der Waals surface area contributed by atoms with Crippen molar-refractivity contribution in [2.75, 3.05) is 13.4 Å². The maximum Gasteiger partial charge on any atom is 0.289 e. The highest BCUT2D eigenvalue weighted by Gasteiger charge is 2.24. The Morgan fingerprint density at radius 2 is 2.00 bits per heavy atom. The maximum absolute atomic E-state index is 11.9. The molecule has 3 N–H and O–H groups in total. The van der Waals surface area contributed by atoms with Crippen LogP contribution in [0.4, 0.5) is 10.5 Å². The Bertz CT molecular complexity index is 1000. The summed E-state index contributed by atoms with van der Waals surface area (Å²) in [6, 6.07) is 12.4. The summed E-state index contributed by atoms with van der Waals surface area (Å²) in [7, 11) is 0. The third-order valence-electron chi connectivity index (χ3n) is 3.81. The fourth-order valence-corrected chi connectivity index (χ4v) is 3.30. The van der Waals surface area contributed by atoms with Crippen LogP contribution in [-0.4, -0.2) is 30.4 Å². The summed E-state index contributed by atoms with van der Waals surface area (Å²) in [6.45, 7) is 0.00724. The number of hydrogen-bond acceptors (Lipinski definition) is 7. The van der Waals surface area contributed by atoms with Gasteiger partial charge < -0.3 is 25.3 Å². The van der Waals surface area contributed by atoms with E-state index in [-0.39, 0.29) is 18.6 Å². The highest BCUT2D eigenvalue weighted by atomic mass is 32.2. The third-order valence-corrected chi connectivity index (χ3v) is 4.63. The second kappa shape index (κ2) is 7.65. The van der Waals surface area contributed by atoms with Gasteiger partial charge in [-0.1, -0.05) is 12.1 Å². The molecule has 2 aromatic rings. The highest BCUT2D eigenvalue weighted by molar-refractivity contribution is 8.18. The first kappa shape index (κ1) is 17.9. The summed E-state index contributed by atoms with van der Waals surface area (Å²) in [5.74, 6) is 1.74. The number of benzene rings is 2. The Hall–Kier alpha value is -3.46. The number of ether oxygens (including phenoxy) is 3. The minimum absolute atomic E-state index is 0.180. The number of carbonyl (C=O) groups excluding carboxylic acids is 2. The molecule has 9 heteroatoms. The van der Waals surface area contributed by atoms with Gasteiger partial charge in [0.05, 0.1) is 10.6 Å². The van der Waals surface area contributed by atoms with Crippen molar-refractivity contribution in [2.45, 2.75) is 0 Å². The van der Waals surface area contributed by atoms with E-state index in [1.54, 1.807) is 30.3 Å². The maximum atomic E-state index is 11.9. The van der Waals surface area contributed by atoms with Gasteiger partial charge in [0.1, 0.15) is 11.6 Å². The molecule has 0 aliphatic carbocycles. The molecule has 0 aromatic heterocycles. The molecule has 0 saturated carbocycles. The SMILES string of the molecule is NC(=O)COc1ccc(C=C2SC(=O)NC2=Nc2ccc3c(c2)OCO3)cc1. The van der Waals surface area contributed by atoms with Crippen molar-refractivity contribution in [3.8, 4) is 17.2 Å². The fraction of sp³-hybridized carbons (Fsp3) is 0.105. The van der Waals surface area contributed by atoms with Crippen LogP contribution >= 0.6 is 11.8 Å². The van der Waals surface area contributed by atoms with Crippen molar-refractivity contribution in [3.05, 3.63) is 52.9 Å². The van der Waals surface area contributed by atoms with Crippen molar-refractivity contribution in [3.63, 3.8) is 0 Å². The lowest BCUT2D eigenvalue weighted by molar-refractivity contribution is -0.119. The number of fused-ring (bicyclic) bond motifs is 1. The number of primary amides is 1. The third kappa shape index (κ3) is 4.09. The van der Waals surface area contributed by atoms with Gasteiger partial charge in [-0.05, 0) is 47.7 Å². The number of nitrogens with two attached hydrogens (primary N) is 1. The summed E-state index contributed by atoms with van der Waals surface area (Å²) < 4.78 is 15.9. The molecule has 2 heterocycles. The van der Waals surface area contributed by atoms with E-state index < -0.39 is 5.91 Å². The van der Waals surface area contributed by atoms with Gasteiger partial charge in [0.2, 0.25) is 6.79 Å². The Morgan fingerprint density at radius 3 is 2.79 bits per heavy atom. The first-order chi connectivity index (χ1) is 13.6. The van der Waals surface area contributed by atoms with Gasteiger partial charge in [-0.15, -0.1) is 0 Å². The van der Waals surface area contributed by atoms with Crippen LogP contribution in [0.1, 0.15) is 5.56 Å². The molecular weight excluding hydrogens is 382 g/mol. The molecule has 1 fully saturated rings. The Balaban J connectivity index is 1.55. The lowest BCUT2D eigenvalue weighted by atomic mass is 10.2. The topological polar surface area (TPSA) is 112 Å². The predicted molar refractivity (Wildman–Crippen MR) is 105 cm³/mol. The zero-order chi connectivity index (χ0) is 19.5. The predicted octanol–water partition coefficient (Wildman–Crippen LogP) is 2.81. The standard InChI is InChI=1S/C19H15N3O5S/c20-17(23)9-25-13-4-1-11(2-5-13)7-16-18(22-19(24)28-16)21-12-3-6-14-15(8-12)27-10-26-14/h1-8H,9-10H2,(H2,20,23)(H,21,22,24).